The molecule has 0 bridgehead atoms. The predicted octanol–water partition coefficient (Wildman–Crippen LogP) is 2.61. The molecule has 108 valence electrons. The van der Waals surface area contributed by atoms with Gasteiger partial charge in [0.15, 0.2) is 0 Å². The topological polar surface area (TPSA) is 66.4 Å². The summed E-state index contributed by atoms with van der Waals surface area (Å²) in [6.45, 7) is 0. The molecule has 0 atom stereocenters. The molecule has 1 saturated carbocycles. The summed E-state index contributed by atoms with van der Waals surface area (Å²) in [5.74, 6) is -0.915. The van der Waals surface area contributed by atoms with Crippen LogP contribution in [0.3, 0.4) is 0 Å². The summed E-state index contributed by atoms with van der Waals surface area (Å²) in [6.07, 6.45) is 6.30. The van der Waals surface area contributed by atoms with Crippen molar-refractivity contribution in [2.75, 3.05) is 0 Å². The number of amides is 1. The van der Waals surface area contributed by atoms with Crippen molar-refractivity contribution in [2.24, 2.45) is 5.92 Å². The summed E-state index contributed by atoms with van der Waals surface area (Å²) in [4.78, 5) is 25.3. The van der Waals surface area contributed by atoms with E-state index in [1.165, 1.54) is 16.9 Å². The second-order valence-corrected chi connectivity index (χ2v) is 6.91. The lowest BCUT2D eigenvalue weighted by Crippen LogP contribution is -2.38. The number of hydrogen-bond acceptors (Lipinski definition) is 3. The maximum absolute atomic E-state index is 12.2. The molecular formula is C15H19NO3S. The van der Waals surface area contributed by atoms with Crippen molar-refractivity contribution in [3.8, 4) is 0 Å². The minimum absolute atomic E-state index is 0.0168. The van der Waals surface area contributed by atoms with E-state index in [2.05, 4.69) is 5.32 Å². The second kappa shape index (κ2) is 5.56. The number of aliphatic carboxylic acids is 1. The zero-order valence-electron chi connectivity index (χ0n) is 11.4. The van der Waals surface area contributed by atoms with Crippen LogP contribution in [-0.2, 0) is 17.6 Å². The lowest BCUT2D eigenvalue weighted by Gasteiger charge is -2.26. The van der Waals surface area contributed by atoms with Crippen molar-refractivity contribution in [3.63, 3.8) is 0 Å². The number of aryl methyl sites for hydroxylation is 2. The smallest absolute Gasteiger partial charge is 0.306 e. The van der Waals surface area contributed by atoms with Gasteiger partial charge in [-0.15, -0.1) is 11.3 Å². The standard InChI is InChI=1S/C15H19NO3S/c17-14(13-8-10-2-1-3-12(10)20-13)16-11-6-4-9(5-7-11)15(18)19/h8-9,11H,1-7H2,(H,16,17)(H,18,19). The monoisotopic (exact) mass is 293 g/mol. The van der Waals surface area contributed by atoms with Crippen molar-refractivity contribution >= 4 is 23.2 Å². The fourth-order valence-corrected chi connectivity index (χ4v) is 4.34. The quantitative estimate of drug-likeness (QED) is 0.900. The molecule has 1 aromatic heterocycles. The number of carboxylic acids is 1. The highest BCUT2D eigenvalue weighted by molar-refractivity contribution is 7.14. The van der Waals surface area contributed by atoms with Crippen LogP contribution in [0.15, 0.2) is 6.07 Å². The van der Waals surface area contributed by atoms with Crippen molar-refractivity contribution in [3.05, 3.63) is 21.4 Å². The molecule has 1 aromatic rings. The molecule has 3 rings (SSSR count). The van der Waals surface area contributed by atoms with E-state index in [9.17, 15) is 9.59 Å². The highest BCUT2D eigenvalue weighted by Gasteiger charge is 2.27. The number of carbonyl (C=O) groups is 2. The molecule has 5 heteroatoms. The van der Waals surface area contributed by atoms with Crippen molar-refractivity contribution in [1.82, 2.24) is 5.32 Å². The Morgan fingerprint density at radius 2 is 1.95 bits per heavy atom. The van der Waals surface area contributed by atoms with E-state index in [0.29, 0.717) is 12.8 Å². The first kappa shape index (κ1) is 13.6. The Kier molecular flexibility index (Phi) is 3.78. The summed E-state index contributed by atoms with van der Waals surface area (Å²) >= 11 is 1.62. The Labute approximate surface area is 122 Å². The molecule has 2 N–H and O–H groups in total. The summed E-state index contributed by atoms with van der Waals surface area (Å²) in [6, 6.07) is 2.17. The molecule has 0 aromatic carbocycles. The largest absolute Gasteiger partial charge is 0.481 e. The summed E-state index contributed by atoms with van der Waals surface area (Å²) in [5, 5.41) is 12.0. The van der Waals surface area contributed by atoms with Gasteiger partial charge in [-0.25, -0.2) is 0 Å². The van der Waals surface area contributed by atoms with Gasteiger partial charge in [-0.3, -0.25) is 9.59 Å². The van der Waals surface area contributed by atoms with Crippen molar-refractivity contribution in [2.45, 2.75) is 51.0 Å². The number of thiophene rings is 1. The molecule has 0 saturated heterocycles. The van der Waals surface area contributed by atoms with Gasteiger partial charge < -0.3 is 10.4 Å². The van der Waals surface area contributed by atoms with E-state index in [-0.39, 0.29) is 17.9 Å². The van der Waals surface area contributed by atoms with Crippen LogP contribution in [0.4, 0.5) is 0 Å². The fourth-order valence-electron chi connectivity index (χ4n) is 3.18. The van der Waals surface area contributed by atoms with Gasteiger partial charge in [0.2, 0.25) is 0 Å². The van der Waals surface area contributed by atoms with Gasteiger partial charge in [0.1, 0.15) is 0 Å². The van der Waals surface area contributed by atoms with Crippen LogP contribution in [0.1, 0.15) is 52.2 Å². The van der Waals surface area contributed by atoms with Crippen LogP contribution in [0.25, 0.3) is 0 Å². The van der Waals surface area contributed by atoms with E-state index in [4.69, 9.17) is 5.11 Å². The number of fused-ring (bicyclic) bond motifs is 1. The lowest BCUT2D eigenvalue weighted by atomic mass is 9.86. The van der Waals surface area contributed by atoms with Crippen LogP contribution in [0.2, 0.25) is 0 Å². The molecule has 0 aliphatic heterocycles. The van der Waals surface area contributed by atoms with Gasteiger partial charge in [0, 0.05) is 10.9 Å². The summed E-state index contributed by atoms with van der Waals surface area (Å²) < 4.78 is 0. The SMILES string of the molecule is O=C(NC1CCC(C(=O)O)CC1)c1cc2c(s1)CCC2. The van der Waals surface area contributed by atoms with Gasteiger partial charge in [-0.05, 0) is 56.6 Å². The van der Waals surface area contributed by atoms with Crippen LogP contribution >= 0.6 is 11.3 Å². The third-order valence-electron chi connectivity index (χ3n) is 4.38. The molecule has 1 heterocycles. The molecule has 20 heavy (non-hydrogen) atoms. The van der Waals surface area contributed by atoms with E-state index >= 15 is 0 Å². The third kappa shape index (κ3) is 2.73. The zero-order chi connectivity index (χ0) is 14.1. The van der Waals surface area contributed by atoms with E-state index in [1.54, 1.807) is 11.3 Å². The van der Waals surface area contributed by atoms with Gasteiger partial charge in [-0.2, -0.15) is 0 Å². The van der Waals surface area contributed by atoms with E-state index in [0.717, 1.165) is 30.6 Å². The maximum atomic E-state index is 12.2. The van der Waals surface area contributed by atoms with Crippen LogP contribution in [0, 0.1) is 5.92 Å². The second-order valence-electron chi connectivity index (χ2n) is 5.77. The average molecular weight is 293 g/mol. The van der Waals surface area contributed by atoms with Crippen molar-refractivity contribution in [1.29, 1.82) is 0 Å². The number of hydrogen-bond donors (Lipinski definition) is 2. The Balaban J connectivity index is 1.55. The summed E-state index contributed by atoms with van der Waals surface area (Å²) in [5.41, 5.74) is 1.34. The van der Waals surface area contributed by atoms with Crippen LogP contribution in [-0.4, -0.2) is 23.0 Å². The highest BCUT2D eigenvalue weighted by Crippen LogP contribution is 2.31. The molecule has 1 fully saturated rings. The fraction of sp³-hybridized carbons (Fsp3) is 0.600. The van der Waals surface area contributed by atoms with Gasteiger partial charge >= 0.3 is 5.97 Å². The number of carbonyl (C=O) groups excluding carboxylic acids is 1. The predicted molar refractivity (Wildman–Crippen MR) is 77.2 cm³/mol. The molecule has 0 unspecified atom stereocenters. The number of rotatable bonds is 3. The Morgan fingerprint density at radius 1 is 1.20 bits per heavy atom. The molecule has 1 amide bonds. The lowest BCUT2D eigenvalue weighted by molar-refractivity contribution is -0.142. The third-order valence-corrected chi connectivity index (χ3v) is 5.62. The van der Waals surface area contributed by atoms with E-state index < -0.39 is 5.97 Å². The van der Waals surface area contributed by atoms with Crippen molar-refractivity contribution < 1.29 is 14.7 Å². The first-order valence-corrected chi connectivity index (χ1v) is 8.10. The average Bonchev–Trinajstić information content (AvgIpc) is 2.99. The Hall–Kier alpha value is -1.36. The Morgan fingerprint density at radius 3 is 2.60 bits per heavy atom. The molecule has 0 radical (unpaired) electrons. The van der Waals surface area contributed by atoms with Gasteiger partial charge in [-0.1, -0.05) is 0 Å². The minimum atomic E-state index is -0.704. The molecule has 2 aliphatic carbocycles. The first-order valence-electron chi connectivity index (χ1n) is 7.28. The van der Waals surface area contributed by atoms with Gasteiger partial charge in [0.05, 0.1) is 10.8 Å². The maximum Gasteiger partial charge on any atom is 0.306 e. The van der Waals surface area contributed by atoms with Crippen LogP contribution in [0.5, 0.6) is 0 Å². The molecule has 2 aliphatic rings. The highest BCUT2D eigenvalue weighted by atomic mass is 32.1. The van der Waals surface area contributed by atoms with Gasteiger partial charge in [0.25, 0.3) is 5.91 Å². The normalized spacial score (nSPS) is 25.2. The number of carboxylic acid groups (broad SMARTS) is 1. The summed E-state index contributed by atoms with van der Waals surface area (Å²) in [7, 11) is 0. The first-order chi connectivity index (χ1) is 9.63. The minimum Gasteiger partial charge on any atom is -0.481 e. The molecular weight excluding hydrogens is 274 g/mol. The zero-order valence-corrected chi connectivity index (χ0v) is 12.2. The molecule has 4 nitrogen and oxygen atoms in total. The molecule has 0 spiro atoms. The Bertz CT molecular complexity index is 508. The number of nitrogens with one attached hydrogen (secondary N) is 1. The van der Waals surface area contributed by atoms with E-state index in [1.807, 2.05) is 6.07 Å². The van der Waals surface area contributed by atoms with Crippen LogP contribution < -0.4 is 5.32 Å².